The van der Waals surface area contributed by atoms with Crippen molar-refractivity contribution in [2.75, 3.05) is 6.61 Å². The average molecular weight is 910 g/mol. The molecule has 3 aromatic rings. The van der Waals surface area contributed by atoms with E-state index < -0.39 is 113 Å². The fourth-order valence-corrected chi connectivity index (χ4v) is 10.7. The topological polar surface area (TPSA) is 221 Å². The van der Waals surface area contributed by atoms with Gasteiger partial charge in [-0.15, -0.1) is 0 Å². The second-order valence-corrected chi connectivity index (χ2v) is 19.8. The van der Waals surface area contributed by atoms with Crippen LogP contribution in [0.15, 0.2) is 96.1 Å². The van der Waals surface area contributed by atoms with Crippen molar-refractivity contribution in [2.24, 2.45) is 16.7 Å². The van der Waals surface area contributed by atoms with Gasteiger partial charge in [-0.1, -0.05) is 95.3 Å². The highest BCUT2D eigenvalue weighted by atomic mass is 16.6. The van der Waals surface area contributed by atoms with E-state index in [-0.39, 0.29) is 40.7 Å². The van der Waals surface area contributed by atoms with Crippen LogP contribution in [0.5, 0.6) is 0 Å². The van der Waals surface area contributed by atoms with Gasteiger partial charge in [-0.2, -0.15) is 0 Å². The molecular weight excluding hydrogens is 851 g/mol. The summed E-state index contributed by atoms with van der Waals surface area (Å²) >= 11 is 0. The van der Waals surface area contributed by atoms with Gasteiger partial charge in [0.15, 0.2) is 23.6 Å². The van der Waals surface area contributed by atoms with Crippen molar-refractivity contribution >= 4 is 35.6 Å². The van der Waals surface area contributed by atoms with Gasteiger partial charge in [0, 0.05) is 37.7 Å². The first-order chi connectivity index (χ1) is 30.9. The molecule has 0 radical (unpaired) electrons. The third kappa shape index (κ3) is 8.13. The molecule has 0 aromatic heterocycles. The van der Waals surface area contributed by atoms with Crippen LogP contribution >= 0.6 is 0 Å². The van der Waals surface area contributed by atoms with Crippen molar-refractivity contribution in [3.05, 3.63) is 118 Å². The molecule has 1 saturated heterocycles. The molecule has 66 heavy (non-hydrogen) atoms. The lowest BCUT2D eigenvalue weighted by atomic mass is 9.44. The summed E-state index contributed by atoms with van der Waals surface area (Å²) in [6.07, 6.45) is -10.6. The number of ether oxygens (including phenoxy) is 5. The smallest absolute Gasteiger partial charge is 0.338 e. The molecule has 1 aliphatic heterocycles. The van der Waals surface area contributed by atoms with E-state index in [1.807, 2.05) is 32.9 Å². The highest BCUT2D eigenvalue weighted by Crippen LogP contribution is 2.64. The van der Waals surface area contributed by atoms with E-state index in [0.29, 0.717) is 5.56 Å². The minimum atomic E-state index is -2.40. The maximum absolute atomic E-state index is 15.6. The zero-order valence-corrected chi connectivity index (χ0v) is 38.7. The number of fused-ring (bicyclic) bond motifs is 5. The summed E-state index contributed by atoms with van der Waals surface area (Å²) in [6.45, 7) is 14.1. The number of ketones is 1. The molecule has 352 valence electrons. The minimum absolute atomic E-state index is 0.00323. The summed E-state index contributed by atoms with van der Waals surface area (Å²) in [4.78, 5) is 84.2. The molecule has 15 nitrogen and oxygen atoms in total. The molecule has 2 saturated carbocycles. The monoisotopic (exact) mass is 909 g/mol. The average Bonchev–Trinajstić information content (AvgIpc) is 3.26. The van der Waals surface area contributed by atoms with Gasteiger partial charge in [-0.3, -0.25) is 19.2 Å². The molecule has 0 unspecified atom stereocenters. The summed E-state index contributed by atoms with van der Waals surface area (Å²) in [5.41, 5.74) is -6.23. The predicted octanol–water partition coefficient (Wildman–Crippen LogP) is 5.03. The molecule has 11 atom stereocenters. The summed E-state index contributed by atoms with van der Waals surface area (Å²) in [6, 6.07) is 21.8. The first-order valence-electron chi connectivity index (χ1n) is 22.1. The molecule has 7 rings (SSSR count). The van der Waals surface area contributed by atoms with Crippen molar-refractivity contribution in [3.63, 3.8) is 0 Å². The van der Waals surface area contributed by atoms with Crippen molar-refractivity contribution in [1.82, 2.24) is 5.32 Å². The maximum atomic E-state index is 15.6. The van der Waals surface area contributed by atoms with E-state index in [9.17, 15) is 39.3 Å². The number of carbonyl (C=O) groups is 6. The Bertz CT molecular complexity index is 2430. The zero-order valence-electron chi connectivity index (χ0n) is 38.7. The van der Waals surface area contributed by atoms with Crippen LogP contribution in [0.3, 0.4) is 0 Å². The SMILES string of the molecule is CC(=O)O[C@H]1C(=O)[C@@]2(C)[C@H]([C@H](OC(=O)c3ccccc3)[C@]3(O)C[C@H](OC(=O)[C@H](O)[C@@H](NC(=O)c4ccc(C(C)(C)C)cc4)c4ccccc4)C(C)=C1C3(C)C)[C@]1(OC(C)=O)CO[C@@H]1C[C@@H]2O. The van der Waals surface area contributed by atoms with Gasteiger partial charge in [-0.05, 0) is 65.8 Å². The van der Waals surface area contributed by atoms with Gasteiger partial charge in [0.2, 0.25) is 0 Å². The Balaban J connectivity index is 1.35. The highest BCUT2D eigenvalue weighted by Gasteiger charge is 2.78. The quantitative estimate of drug-likeness (QED) is 0.119. The molecule has 0 spiro atoms. The molecule has 2 bridgehead atoms. The molecule has 15 heteroatoms. The van der Waals surface area contributed by atoms with Gasteiger partial charge in [0.05, 0.1) is 35.6 Å². The second-order valence-electron chi connectivity index (χ2n) is 19.8. The zero-order chi connectivity index (χ0) is 48.3. The minimum Gasteiger partial charge on any atom is -0.456 e. The lowest BCUT2D eigenvalue weighted by Crippen LogP contribution is -2.82. The van der Waals surface area contributed by atoms with E-state index in [2.05, 4.69) is 5.32 Å². The fourth-order valence-electron chi connectivity index (χ4n) is 10.7. The highest BCUT2D eigenvalue weighted by molar-refractivity contribution is 5.96. The lowest BCUT2D eigenvalue weighted by Gasteiger charge is -2.67. The number of hydrogen-bond acceptors (Lipinski definition) is 14. The number of hydrogen-bond donors (Lipinski definition) is 4. The van der Waals surface area contributed by atoms with Crippen molar-refractivity contribution in [3.8, 4) is 0 Å². The Labute approximate surface area is 383 Å². The Morgan fingerprint density at radius 3 is 1.98 bits per heavy atom. The first-order valence-corrected chi connectivity index (χ1v) is 22.1. The standard InChI is InChI=1S/C51H59NO14/c1-27-34(64-46(60)39(56)38(30-16-12-10-13-17-30)52-44(58)31-20-22-33(23-21-31)47(4,5)6)25-51(61)43(65-45(59)32-18-14-11-15-19-32)41-49(9,35(55)24-36-50(41,26-62-36)66-29(3)54)42(57)40(63-28(2)53)37(27)48(51,7)8/h10-23,34-36,38-41,43,55-56,61H,24-26H2,1-9H3,(H,52,58)/t34-,35-,36+,38-,39+,40+,41-,43-,49+,50-,51+/m0/s1. The van der Waals surface area contributed by atoms with Gasteiger partial charge in [-0.25, -0.2) is 9.59 Å². The molecule has 1 heterocycles. The number of amides is 1. The third-order valence-electron chi connectivity index (χ3n) is 14.5. The molecule has 4 aliphatic rings. The van der Waals surface area contributed by atoms with Crippen LogP contribution in [0.2, 0.25) is 0 Å². The number of rotatable bonds is 10. The number of carbonyl (C=O) groups excluding carboxylic acids is 6. The van der Waals surface area contributed by atoms with Crippen LogP contribution in [-0.4, -0.2) is 105 Å². The number of esters is 4. The second kappa shape index (κ2) is 17.5. The molecule has 1 amide bonds. The molecular formula is C51H59NO14. The normalized spacial score (nSPS) is 30.9. The summed E-state index contributed by atoms with van der Waals surface area (Å²) < 4.78 is 30.4. The summed E-state index contributed by atoms with van der Waals surface area (Å²) in [5.74, 6) is -6.84. The van der Waals surface area contributed by atoms with Crippen LogP contribution in [0.1, 0.15) is 113 Å². The summed E-state index contributed by atoms with van der Waals surface area (Å²) in [7, 11) is 0. The predicted molar refractivity (Wildman–Crippen MR) is 236 cm³/mol. The van der Waals surface area contributed by atoms with Gasteiger partial charge in [0.25, 0.3) is 5.91 Å². The molecule has 4 N–H and O–H groups in total. The van der Waals surface area contributed by atoms with Crippen molar-refractivity contribution in [1.29, 1.82) is 0 Å². The van der Waals surface area contributed by atoms with Gasteiger partial charge >= 0.3 is 23.9 Å². The van der Waals surface area contributed by atoms with Crippen LogP contribution in [-0.2, 0) is 48.3 Å². The van der Waals surface area contributed by atoms with Gasteiger partial charge in [0.1, 0.15) is 23.9 Å². The Morgan fingerprint density at radius 2 is 1.44 bits per heavy atom. The van der Waals surface area contributed by atoms with E-state index in [0.717, 1.165) is 19.4 Å². The molecule has 3 aliphatic carbocycles. The maximum Gasteiger partial charge on any atom is 0.338 e. The Kier molecular flexibility index (Phi) is 12.8. The third-order valence-corrected chi connectivity index (χ3v) is 14.5. The van der Waals surface area contributed by atoms with Crippen LogP contribution in [0.4, 0.5) is 0 Å². The van der Waals surface area contributed by atoms with E-state index in [1.54, 1.807) is 74.5 Å². The Morgan fingerprint density at radius 1 is 0.833 bits per heavy atom. The number of benzene rings is 3. The molecule has 3 aromatic carbocycles. The van der Waals surface area contributed by atoms with Crippen LogP contribution in [0.25, 0.3) is 0 Å². The van der Waals surface area contributed by atoms with Crippen LogP contribution < -0.4 is 5.32 Å². The summed E-state index contributed by atoms with van der Waals surface area (Å²) in [5, 5.41) is 40.6. The number of Topliss-reactive ketones (excluding diaryl/α,β-unsaturated/α-hetero) is 1. The Hall–Kier alpha value is -5.74. The fraction of sp³-hybridized carbons (Fsp3) is 0.490. The number of aliphatic hydroxyl groups is 3. The van der Waals surface area contributed by atoms with E-state index in [4.69, 9.17) is 23.7 Å². The molecule has 3 fully saturated rings. The van der Waals surface area contributed by atoms with Crippen molar-refractivity contribution in [2.45, 2.75) is 134 Å². The van der Waals surface area contributed by atoms with Gasteiger partial charge < -0.3 is 44.3 Å². The van der Waals surface area contributed by atoms with Crippen LogP contribution in [0, 0.1) is 16.7 Å². The number of aliphatic hydroxyl groups excluding tert-OH is 2. The largest absolute Gasteiger partial charge is 0.456 e. The van der Waals surface area contributed by atoms with E-state index in [1.165, 1.54) is 26.0 Å². The van der Waals surface area contributed by atoms with E-state index >= 15 is 4.79 Å². The lowest BCUT2D eigenvalue weighted by molar-refractivity contribution is -0.346. The first kappa shape index (κ1) is 48.2. The van der Waals surface area contributed by atoms with Crippen molar-refractivity contribution < 1.29 is 67.8 Å². The number of nitrogens with one attached hydrogen (secondary N) is 1.